The summed E-state index contributed by atoms with van der Waals surface area (Å²) in [4.78, 5) is 18.6. The van der Waals surface area contributed by atoms with Gasteiger partial charge < -0.3 is 9.88 Å². The number of amides is 1. The first-order valence-electron chi connectivity index (χ1n) is 8.06. The van der Waals surface area contributed by atoms with Crippen LogP contribution in [0.25, 0.3) is 10.9 Å². The minimum Gasteiger partial charge on any atom is -0.356 e. The van der Waals surface area contributed by atoms with Gasteiger partial charge >= 0.3 is 0 Å². The number of aromatic amines is 1. The predicted octanol–water partition coefficient (Wildman–Crippen LogP) is 3.30. The van der Waals surface area contributed by atoms with Gasteiger partial charge in [-0.05, 0) is 36.2 Å². The van der Waals surface area contributed by atoms with Gasteiger partial charge in [-0.3, -0.25) is 10.1 Å². The zero-order chi connectivity index (χ0) is 16.5. The number of H-pyrrole nitrogens is 1. The Balaban J connectivity index is 1.88. The maximum absolute atomic E-state index is 13.3. The van der Waals surface area contributed by atoms with Crippen molar-refractivity contribution in [3.63, 3.8) is 0 Å². The van der Waals surface area contributed by atoms with Crippen molar-refractivity contribution in [2.45, 2.75) is 12.0 Å². The Bertz CT molecular complexity index is 1010. The molecule has 3 heterocycles. The van der Waals surface area contributed by atoms with E-state index < -0.39 is 5.54 Å². The highest BCUT2D eigenvalue weighted by atomic mass is 79.9. The average molecular weight is 382 g/mol. The standard InChI is InChI=1S/C19H16BrN3O/c1-23-16-7-6-11(20)10-14(16)19(18(23)24)17-13(8-9-21-19)12-4-2-3-5-15(12)22-17/h2-7,10,21-22H,8-9H2,1H3/t19-/m1/s1. The molecule has 0 bridgehead atoms. The highest BCUT2D eigenvalue weighted by Crippen LogP contribution is 2.48. The van der Waals surface area contributed by atoms with E-state index in [0.717, 1.165) is 39.9 Å². The third-order valence-electron chi connectivity index (χ3n) is 5.30. The number of nitrogens with zero attached hydrogens (tertiary/aromatic N) is 1. The third-order valence-corrected chi connectivity index (χ3v) is 5.80. The maximum atomic E-state index is 13.3. The molecule has 3 aromatic rings. The van der Waals surface area contributed by atoms with Crippen molar-refractivity contribution in [3.8, 4) is 0 Å². The van der Waals surface area contributed by atoms with E-state index in [9.17, 15) is 4.79 Å². The van der Waals surface area contributed by atoms with Crippen LogP contribution in [0.3, 0.4) is 0 Å². The van der Waals surface area contributed by atoms with Gasteiger partial charge in [-0.15, -0.1) is 0 Å². The van der Waals surface area contributed by atoms with Crippen LogP contribution in [0.5, 0.6) is 0 Å². The number of para-hydroxylation sites is 1. The number of hydrogen-bond donors (Lipinski definition) is 2. The number of aromatic nitrogens is 1. The summed E-state index contributed by atoms with van der Waals surface area (Å²) < 4.78 is 0.980. The smallest absolute Gasteiger partial charge is 0.257 e. The zero-order valence-corrected chi connectivity index (χ0v) is 14.8. The average Bonchev–Trinajstić information content (AvgIpc) is 3.07. The van der Waals surface area contributed by atoms with Crippen molar-refractivity contribution in [2.75, 3.05) is 18.5 Å². The van der Waals surface area contributed by atoms with E-state index in [2.05, 4.69) is 50.5 Å². The Labute approximate surface area is 148 Å². The van der Waals surface area contributed by atoms with E-state index in [1.165, 1.54) is 10.9 Å². The number of carbonyl (C=O) groups is 1. The fourth-order valence-electron chi connectivity index (χ4n) is 4.23. The lowest BCUT2D eigenvalue weighted by atomic mass is 9.82. The first-order chi connectivity index (χ1) is 11.6. The van der Waals surface area contributed by atoms with Crippen molar-refractivity contribution in [1.29, 1.82) is 0 Å². The normalized spacial score (nSPS) is 22.2. The molecule has 0 saturated heterocycles. The molecule has 0 fully saturated rings. The molecule has 0 unspecified atom stereocenters. The fraction of sp³-hybridized carbons (Fsp3) is 0.211. The van der Waals surface area contributed by atoms with Gasteiger partial charge in [-0.2, -0.15) is 0 Å². The molecule has 120 valence electrons. The van der Waals surface area contributed by atoms with Crippen molar-refractivity contribution in [2.24, 2.45) is 0 Å². The lowest BCUT2D eigenvalue weighted by Crippen LogP contribution is -2.54. The fourth-order valence-corrected chi connectivity index (χ4v) is 4.59. The number of nitrogens with one attached hydrogen (secondary N) is 2. The molecule has 1 atom stereocenters. The maximum Gasteiger partial charge on any atom is 0.257 e. The minimum atomic E-state index is -0.819. The van der Waals surface area contributed by atoms with E-state index in [4.69, 9.17) is 0 Å². The SMILES string of the molecule is CN1C(=O)[C@@]2(NCCc3c2[nH]c2ccccc32)c2cc(Br)ccc21. The highest BCUT2D eigenvalue weighted by molar-refractivity contribution is 9.10. The zero-order valence-electron chi connectivity index (χ0n) is 13.2. The van der Waals surface area contributed by atoms with Crippen LogP contribution in [0.2, 0.25) is 0 Å². The van der Waals surface area contributed by atoms with Gasteiger partial charge in [0.05, 0.1) is 5.69 Å². The molecule has 2 aromatic carbocycles. The minimum absolute atomic E-state index is 0.0723. The van der Waals surface area contributed by atoms with Gasteiger partial charge in [0.2, 0.25) is 0 Å². The van der Waals surface area contributed by atoms with E-state index >= 15 is 0 Å². The summed E-state index contributed by atoms with van der Waals surface area (Å²) in [5.74, 6) is 0.0723. The summed E-state index contributed by atoms with van der Waals surface area (Å²) in [6, 6.07) is 14.3. The Hall–Kier alpha value is -2.11. The molecule has 1 amide bonds. The van der Waals surface area contributed by atoms with Crippen LogP contribution in [0.15, 0.2) is 46.9 Å². The van der Waals surface area contributed by atoms with Crippen LogP contribution >= 0.6 is 15.9 Å². The van der Waals surface area contributed by atoms with Crippen molar-refractivity contribution in [1.82, 2.24) is 10.3 Å². The van der Waals surface area contributed by atoms with Gasteiger partial charge in [0, 0.05) is 40.2 Å². The van der Waals surface area contributed by atoms with Crippen molar-refractivity contribution in [3.05, 3.63) is 63.8 Å². The van der Waals surface area contributed by atoms with Gasteiger partial charge in [0.15, 0.2) is 5.54 Å². The molecule has 4 nitrogen and oxygen atoms in total. The molecular formula is C19H16BrN3O. The molecule has 0 saturated carbocycles. The van der Waals surface area contributed by atoms with E-state index in [0.29, 0.717) is 0 Å². The molecule has 5 heteroatoms. The molecule has 1 spiro atoms. The second kappa shape index (κ2) is 4.71. The van der Waals surface area contributed by atoms with Crippen LogP contribution in [-0.2, 0) is 16.8 Å². The van der Waals surface area contributed by atoms with Crippen molar-refractivity contribution >= 4 is 38.4 Å². The van der Waals surface area contributed by atoms with Crippen LogP contribution in [0.4, 0.5) is 5.69 Å². The molecular weight excluding hydrogens is 366 g/mol. The molecule has 1 aromatic heterocycles. The summed E-state index contributed by atoms with van der Waals surface area (Å²) >= 11 is 3.56. The van der Waals surface area contributed by atoms with Crippen molar-refractivity contribution < 1.29 is 4.79 Å². The Morgan fingerprint density at radius 3 is 2.92 bits per heavy atom. The second-order valence-corrected chi connectivity index (χ2v) is 7.39. The van der Waals surface area contributed by atoms with Gasteiger partial charge in [-0.1, -0.05) is 34.1 Å². The largest absolute Gasteiger partial charge is 0.356 e. The monoisotopic (exact) mass is 381 g/mol. The number of halogens is 1. The number of fused-ring (bicyclic) bond motifs is 6. The second-order valence-electron chi connectivity index (χ2n) is 6.48. The lowest BCUT2D eigenvalue weighted by Gasteiger charge is -2.34. The molecule has 0 aliphatic carbocycles. The summed E-state index contributed by atoms with van der Waals surface area (Å²) in [5, 5.41) is 4.75. The Morgan fingerprint density at radius 1 is 1.21 bits per heavy atom. The van der Waals surface area contributed by atoms with Gasteiger partial charge in [0.1, 0.15) is 0 Å². The first-order valence-corrected chi connectivity index (χ1v) is 8.85. The molecule has 2 N–H and O–H groups in total. The summed E-state index contributed by atoms with van der Waals surface area (Å²) in [6.45, 7) is 0.778. The van der Waals surface area contributed by atoms with E-state index in [1.807, 2.05) is 25.2 Å². The quantitative estimate of drug-likeness (QED) is 0.627. The highest BCUT2D eigenvalue weighted by Gasteiger charge is 2.54. The van der Waals surface area contributed by atoms with Crippen LogP contribution < -0.4 is 10.2 Å². The first kappa shape index (κ1) is 14.3. The molecule has 0 radical (unpaired) electrons. The van der Waals surface area contributed by atoms with Crippen LogP contribution in [0, 0.1) is 0 Å². The number of likely N-dealkylation sites (N-methyl/N-ethyl adjacent to an activating group) is 1. The summed E-state index contributed by atoms with van der Waals surface area (Å²) in [6.07, 6.45) is 0.918. The summed E-state index contributed by atoms with van der Waals surface area (Å²) in [7, 11) is 1.85. The summed E-state index contributed by atoms with van der Waals surface area (Å²) in [5.41, 5.74) is 4.48. The number of rotatable bonds is 0. The molecule has 24 heavy (non-hydrogen) atoms. The lowest BCUT2D eigenvalue weighted by molar-refractivity contribution is -0.122. The van der Waals surface area contributed by atoms with Crippen LogP contribution in [-0.4, -0.2) is 24.5 Å². The van der Waals surface area contributed by atoms with Gasteiger partial charge in [-0.25, -0.2) is 0 Å². The number of anilines is 1. The number of carbonyl (C=O) groups excluding carboxylic acids is 1. The third kappa shape index (κ3) is 1.59. The van der Waals surface area contributed by atoms with Crippen LogP contribution in [0.1, 0.15) is 16.8 Å². The molecule has 5 rings (SSSR count). The predicted molar refractivity (Wildman–Crippen MR) is 98.3 cm³/mol. The van der Waals surface area contributed by atoms with E-state index in [1.54, 1.807) is 4.90 Å². The number of hydrogen-bond acceptors (Lipinski definition) is 2. The Morgan fingerprint density at radius 2 is 2.04 bits per heavy atom. The topological polar surface area (TPSA) is 48.1 Å². The Kier molecular flexibility index (Phi) is 2.80. The van der Waals surface area contributed by atoms with Gasteiger partial charge in [0.25, 0.3) is 5.91 Å². The van der Waals surface area contributed by atoms with E-state index in [-0.39, 0.29) is 5.91 Å². The number of benzene rings is 2. The molecule has 2 aliphatic heterocycles. The molecule has 2 aliphatic rings.